The lowest BCUT2D eigenvalue weighted by Crippen LogP contribution is -2.38. The van der Waals surface area contributed by atoms with Gasteiger partial charge in [-0.15, -0.1) is 21.5 Å². The Morgan fingerprint density at radius 2 is 1.94 bits per heavy atom. The summed E-state index contributed by atoms with van der Waals surface area (Å²) in [5.41, 5.74) is 2.53. The molecule has 0 radical (unpaired) electrons. The summed E-state index contributed by atoms with van der Waals surface area (Å²) in [4.78, 5) is 10.3. The Bertz CT molecular complexity index is 1330. The number of nitrogens with one attached hydrogen (secondary N) is 1. The van der Waals surface area contributed by atoms with E-state index in [1.54, 1.807) is 30.5 Å². The number of hydrogen-bond acceptors (Lipinski definition) is 9. The van der Waals surface area contributed by atoms with Crippen molar-refractivity contribution in [1.29, 1.82) is 0 Å². The molecule has 0 saturated carbocycles. The van der Waals surface area contributed by atoms with E-state index in [-0.39, 0.29) is 5.25 Å². The summed E-state index contributed by atoms with van der Waals surface area (Å²) in [5.74, 6) is 0.734. The zero-order chi connectivity index (χ0) is 22.1. The van der Waals surface area contributed by atoms with Crippen molar-refractivity contribution < 1.29 is 12.8 Å². The molecular formula is C22H21N5O3S2. The number of rotatable bonds is 5. The van der Waals surface area contributed by atoms with Crippen molar-refractivity contribution in [2.75, 3.05) is 13.1 Å². The standard InChI is InChI=1S/C22H21N5O3S2/c1-14-20(22-27-26-21(30-22)19-5-3-11-31-19)25-18(13-24-14)15-6-8-16(9-7-15)32(28,29)17-4-2-10-23-12-17/h3,5-9,11,13,17,23H,2,4,10,12H2,1H3. The van der Waals surface area contributed by atoms with Gasteiger partial charge in [-0.05, 0) is 49.9 Å². The fourth-order valence-electron chi connectivity index (χ4n) is 3.70. The maximum atomic E-state index is 12.9. The van der Waals surface area contributed by atoms with Crippen molar-refractivity contribution in [3.63, 3.8) is 0 Å². The number of piperidine rings is 1. The van der Waals surface area contributed by atoms with E-state index in [2.05, 4.69) is 25.5 Å². The fraction of sp³-hybridized carbons (Fsp3) is 0.273. The predicted molar refractivity (Wildman–Crippen MR) is 122 cm³/mol. The molecule has 164 valence electrons. The molecule has 0 aliphatic carbocycles. The van der Waals surface area contributed by atoms with E-state index in [4.69, 9.17) is 4.42 Å². The molecule has 1 saturated heterocycles. The number of aromatic nitrogens is 4. The molecule has 1 fully saturated rings. The van der Waals surface area contributed by atoms with Crippen LogP contribution in [0.5, 0.6) is 0 Å². The van der Waals surface area contributed by atoms with Gasteiger partial charge in [0.2, 0.25) is 0 Å². The normalized spacial score (nSPS) is 16.8. The molecule has 3 aromatic heterocycles. The Labute approximate surface area is 189 Å². The van der Waals surface area contributed by atoms with E-state index >= 15 is 0 Å². The van der Waals surface area contributed by atoms with Gasteiger partial charge >= 0.3 is 0 Å². The van der Waals surface area contributed by atoms with Crippen molar-refractivity contribution in [2.24, 2.45) is 0 Å². The highest BCUT2D eigenvalue weighted by Gasteiger charge is 2.28. The van der Waals surface area contributed by atoms with Crippen molar-refractivity contribution in [3.05, 3.63) is 53.7 Å². The molecule has 5 rings (SSSR count). The highest BCUT2D eigenvalue weighted by molar-refractivity contribution is 7.92. The van der Waals surface area contributed by atoms with Crippen LogP contribution in [0.15, 0.2) is 57.3 Å². The molecule has 1 atom stereocenters. The fourth-order valence-corrected chi connectivity index (χ4v) is 6.06. The third-order valence-electron chi connectivity index (χ3n) is 5.48. The van der Waals surface area contributed by atoms with Crippen LogP contribution < -0.4 is 5.32 Å². The molecule has 8 nitrogen and oxygen atoms in total. The second kappa shape index (κ2) is 8.53. The second-order valence-corrected chi connectivity index (χ2v) is 10.8. The minimum absolute atomic E-state index is 0.296. The van der Waals surface area contributed by atoms with Crippen LogP contribution in [-0.4, -0.2) is 46.9 Å². The maximum Gasteiger partial charge on any atom is 0.268 e. The number of hydrogen-bond donors (Lipinski definition) is 1. The maximum absolute atomic E-state index is 12.9. The summed E-state index contributed by atoms with van der Waals surface area (Å²) in [6.07, 6.45) is 3.21. The van der Waals surface area contributed by atoms with Gasteiger partial charge in [0.1, 0.15) is 5.69 Å². The van der Waals surface area contributed by atoms with Crippen LogP contribution >= 0.6 is 11.3 Å². The highest BCUT2D eigenvalue weighted by atomic mass is 32.2. The summed E-state index contributed by atoms with van der Waals surface area (Å²) in [7, 11) is -3.37. The van der Waals surface area contributed by atoms with Gasteiger partial charge in [0.25, 0.3) is 11.8 Å². The van der Waals surface area contributed by atoms with Gasteiger partial charge in [0, 0.05) is 12.1 Å². The Hall–Kier alpha value is -2.95. The number of nitrogens with zero attached hydrogens (tertiary/aromatic N) is 4. The Balaban J connectivity index is 1.43. The van der Waals surface area contributed by atoms with Gasteiger partial charge < -0.3 is 9.73 Å². The van der Waals surface area contributed by atoms with Crippen LogP contribution in [0.2, 0.25) is 0 Å². The molecule has 1 aliphatic heterocycles. The predicted octanol–water partition coefficient (Wildman–Crippen LogP) is 3.76. The molecule has 1 N–H and O–H groups in total. The van der Waals surface area contributed by atoms with Crippen LogP contribution in [0, 0.1) is 6.92 Å². The molecule has 1 unspecified atom stereocenters. The van der Waals surface area contributed by atoms with Gasteiger partial charge in [-0.1, -0.05) is 18.2 Å². The lowest BCUT2D eigenvalue weighted by Gasteiger charge is -2.22. The van der Waals surface area contributed by atoms with Crippen molar-refractivity contribution in [1.82, 2.24) is 25.5 Å². The molecule has 4 heterocycles. The van der Waals surface area contributed by atoms with E-state index in [1.165, 1.54) is 11.3 Å². The first kappa shape index (κ1) is 20.9. The average molecular weight is 468 g/mol. The van der Waals surface area contributed by atoms with Crippen LogP contribution in [0.1, 0.15) is 18.5 Å². The minimum Gasteiger partial charge on any atom is -0.414 e. The van der Waals surface area contributed by atoms with Gasteiger partial charge in [0.15, 0.2) is 9.84 Å². The summed E-state index contributed by atoms with van der Waals surface area (Å²) in [6, 6.07) is 10.6. The third kappa shape index (κ3) is 3.96. The first-order valence-corrected chi connectivity index (χ1v) is 12.7. The molecular weight excluding hydrogens is 446 g/mol. The van der Waals surface area contributed by atoms with E-state index < -0.39 is 9.84 Å². The van der Waals surface area contributed by atoms with E-state index in [1.807, 2.05) is 24.4 Å². The van der Waals surface area contributed by atoms with Gasteiger partial charge in [-0.2, -0.15) is 0 Å². The Kier molecular flexibility index (Phi) is 5.58. The lowest BCUT2D eigenvalue weighted by atomic mass is 10.1. The molecule has 1 aliphatic rings. The first-order chi connectivity index (χ1) is 15.5. The zero-order valence-corrected chi connectivity index (χ0v) is 19.0. The number of sulfone groups is 1. The summed E-state index contributed by atoms with van der Waals surface area (Å²) < 4.78 is 31.7. The Morgan fingerprint density at radius 1 is 1.12 bits per heavy atom. The van der Waals surface area contributed by atoms with Crippen LogP contribution in [0.25, 0.3) is 33.6 Å². The smallest absolute Gasteiger partial charge is 0.268 e. The SMILES string of the molecule is Cc1ncc(-c2ccc(S(=O)(=O)C3CCCNC3)cc2)nc1-c1nnc(-c2cccs2)o1. The highest BCUT2D eigenvalue weighted by Crippen LogP contribution is 2.29. The minimum atomic E-state index is -3.37. The largest absolute Gasteiger partial charge is 0.414 e. The average Bonchev–Trinajstić information content (AvgIpc) is 3.52. The quantitative estimate of drug-likeness (QED) is 0.472. The van der Waals surface area contributed by atoms with E-state index in [0.29, 0.717) is 46.7 Å². The molecule has 10 heteroatoms. The van der Waals surface area contributed by atoms with E-state index in [9.17, 15) is 8.42 Å². The molecule has 0 spiro atoms. The van der Waals surface area contributed by atoms with Crippen LogP contribution in [-0.2, 0) is 9.84 Å². The molecule has 32 heavy (non-hydrogen) atoms. The molecule has 1 aromatic carbocycles. The van der Waals surface area contributed by atoms with Crippen LogP contribution in [0.4, 0.5) is 0 Å². The summed E-state index contributed by atoms with van der Waals surface area (Å²) in [6.45, 7) is 3.19. The number of thiophene rings is 1. The molecule has 4 aromatic rings. The van der Waals surface area contributed by atoms with Crippen molar-refractivity contribution in [2.45, 2.75) is 29.9 Å². The van der Waals surface area contributed by atoms with Gasteiger partial charge in [-0.3, -0.25) is 4.98 Å². The summed E-state index contributed by atoms with van der Waals surface area (Å²) >= 11 is 1.52. The first-order valence-electron chi connectivity index (χ1n) is 10.3. The molecule has 0 amide bonds. The van der Waals surface area contributed by atoms with Gasteiger partial charge in [0.05, 0.1) is 32.6 Å². The Morgan fingerprint density at radius 3 is 2.66 bits per heavy atom. The zero-order valence-electron chi connectivity index (χ0n) is 17.4. The summed E-state index contributed by atoms with van der Waals surface area (Å²) in [5, 5.41) is 13.0. The lowest BCUT2D eigenvalue weighted by molar-refractivity contribution is 0.497. The monoisotopic (exact) mass is 467 g/mol. The van der Waals surface area contributed by atoms with E-state index in [0.717, 1.165) is 23.4 Å². The number of benzene rings is 1. The van der Waals surface area contributed by atoms with Gasteiger partial charge in [-0.25, -0.2) is 13.4 Å². The van der Waals surface area contributed by atoms with Crippen LogP contribution in [0.3, 0.4) is 0 Å². The van der Waals surface area contributed by atoms with Crippen molar-refractivity contribution in [3.8, 4) is 33.6 Å². The number of aryl methyl sites for hydroxylation is 1. The molecule has 0 bridgehead atoms. The third-order valence-corrected chi connectivity index (χ3v) is 8.55. The second-order valence-electron chi connectivity index (χ2n) is 7.62. The van der Waals surface area contributed by atoms with Crippen molar-refractivity contribution >= 4 is 21.2 Å². The topological polar surface area (TPSA) is 111 Å².